The van der Waals surface area contributed by atoms with Crippen molar-refractivity contribution in [1.29, 1.82) is 0 Å². The van der Waals surface area contributed by atoms with Gasteiger partial charge in [0.25, 0.3) is 0 Å². The molecule has 92 valence electrons. The van der Waals surface area contributed by atoms with E-state index in [1.54, 1.807) is 0 Å². The van der Waals surface area contributed by atoms with E-state index in [2.05, 4.69) is 63.7 Å². The maximum atomic E-state index is 5.75. The first-order valence-corrected chi connectivity index (χ1v) is 9.76. The van der Waals surface area contributed by atoms with E-state index in [1.165, 1.54) is 0 Å². The molecular formula is C8H14Br4O2Te. The van der Waals surface area contributed by atoms with Gasteiger partial charge in [-0.3, -0.25) is 0 Å². The van der Waals surface area contributed by atoms with Crippen LogP contribution in [0.15, 0.2) is 0 Å². The molecule has 0 N–H and O–H groups in total. The molecule has 0 spiro atoms. The van der Waals surface area contributed by atoms with Crippen LogP contribution in [0, 0.1) is 0 Å². The number of alkyl halides is 4. The Kier molecular flexibility index (Phi) is 8.55. The van der Waals surface area contributed by atoms with E-state index in [4.69, 9.17) is 6.20 Å². The third-order valence-electron chi connectivity index (χ3n) is 1.55. The summed E-state index contributed by atoms with van der Waals surface area (Å²) in [6, 6.07) is 0. The van der Waals surface area contributed by atoms with Crippen molar-refractivity contribution in [3.63, 3.8) is 0 Å². The van der Waals surface area contributed by atoms with E-state index in [0.29, 0.717) is 0 Å². The van der Waals surface area contributed by atoms with Gasteiger partial charge in [-0.25, -0.2) is 0 Å². The molecule has 7 heteroatoms. The minimum absolute atomic E-state index is 0.123. The van der Waals surface area contributed by atoms with Crippen molar-refractivity contribution in [2.75, 3.05) is 0 Å². The van der Waals surface area contributed by atoms with Gasteiger partial charge in [0.15, 0.2) is 0 Å². The summed E-state index contributed by atoms with van der Waals surface area (Å²) < 4.78 is 11.7. The van der Waals surface area contributed by atoms with E-state index in [1.807, 2.05) is 27.7 Å². The van der Waals surface area contributed by atoms with E-state index in [-0.39, 0.29) is 18.7 Å². The first-order chi connectivity index (χ1) is 6.59. The first-order valence-electron chi connectivity index (χ1n) is 4.19. The summed E-state index contributed by atoms with van der Waals surface area (Å²) in [4.78, 5) is 0. The SMILES string of the molecule is CC(C)(O[Te]OC(C)(C)C(Br)Br)C(Br)Br. The zero-order chi connectivity index (χ0) is 12.3. The summed E-state index contributed by atoms with van der Waals surface area (Å²) in [5.74, 6) is 0. The van der Waals surface area contributed by atoms with Crippen LogP contribution in [-0.2, 0) is 6.20 Å². The van der Waals surface area contributed by atoms with Crippen molar-refractivity contribution < 1.29 is 6.20 Å². The molecule has 0 aliphatic rings. The normalized spacial score (nSPS) is 14.0. The Morgan fingerprint density at radius 1 is 0.800 bits per heavy atom. The van der Waals surface area contributed by atoms with Crippen LogP contribution in [0.2, 0.25) is 0 Å². The molecule has 0 aromatic heterocycles. The molecule has 0 fully saturated rings. The van der Waals surface area contributed by atoms with Crippen LogP contribution in [0.5, 0.6) is 0 Å². The summed E-state index contributed by atoms with van der Waals surface area (Å²) in [7, 11) is 0. The molecule has 0 heterocycles. The molecule has 0 radical (unpaired) electrons. The van der Waals surface area contributed by atoms with Crippen molar-refractivity contribution in [2.24, 2.45) is 0 Å². The zero-order valence-corrected chi connectivity index (χ0v) is 17.6. The average Bonchev–Trinajstić information content (AvgIpc) is 2.02. The van der Waals surface area contributed by atoms with Gasteiger partial charge in [-0.15, -0.1) is 0 Å². The fourth-order valence-electron chi connectivity index (χ4n) is 0.265. The third-order valence-corrected chi connectivity index (χ3v) is 8.80. The monoisotopic (exact) mass is 588 g/mol. The molecule has 0 aliphatic carbocycles. The van der Waals surface area contributed by atoms with Crippen LogP contribution < -0.4 is 0 Å². The Morgan fingerprint density at radius 2 is 1.07 bits per heavy atom. The van der Waals surface area contributed by atoms with Gasteiger partial charge in [0, 0.05) is 0 Å². The fraction of sp³-hybridized carbons (Fsp3) is 1.00. The van der Waals surface area contributed by atoms with Crippen LogP contribution in [-0.4, -0.2) is 40.4 Å². The Balaban J connectivity index is 4.00. The first kappa shape index (κ1) is 17.6. The molecular weight excluding hydrogens is 575 g/mol. The van der Waals surface area contributed by atoms with Gasteiger partial charge in [-0.1, -0.05) is 0 Å². The molecule has 0 rings (SSSR count). The number of hydrogen-bond acceptors (Lipinski definition) is 2. The van der Waals surface area contributed by atoms with E-state index in [9.17, 15) is 0 Å². The second-order valence-electron chi connectivity index (χ2n) is 4.04. The quantitative estimate of drug-likeness (QED) is 0.339. The Hall–Kier alpha value is 2.63. The number of hydrogen-bond donors (Lipinski definition) is 0. The Bertz CT molecular complexity index is 177. The Labute approximate surface area is 136 Å². The van der Waals surface area contributed by atoms with E-state index in [0.717, 1.165) is 0 Å². The van der Waals surface area contributed by atoms with Crippen LogP contribution in [0.1, 0.15) is 27.7 Å². The molecule has 0 unspecified atom stereocenters. The van der Waals surface area contributed by atoms with Gasteiger partial charge in [0.05, 0.1) is 0 Å². The van der Waals surface area contributed by atoms with Crippen LogP contribution in [0.3, 0.4) is 0 Å². The molecule has 0 amide bonds. The van der Waals surface area contributed by atoms with Crippen molar-refractivity contribution >= 4 is 85.5 Å². The molecule has 0 aromatic carbocycles. The number of halogens is 4. The van der Waals surface area contributed by atoms with Gasteiger partial charge in [0.1, 0.15) is 0 Å². The molecule has 0 saturated heterocycles. The standard InChI is InChI=1S/C8H14Br4O2Te/c1-7(2,5(9)10)13-15-14-8(3,4)6(11)12/h5-6H,1-4H3. The van der Waals surface area contributed by atoms with E-state index < -0.39 is 21.7 Å². The minimum atomic E-state index is -0.922. The van der Waals surface area contributed by atoms with Crippen LogP contribution >= 0.6 is 63.7 Å². The zero-order valence-electron chi connectivity index (χ0n) is 8.89. The average molecular weight is 589 g/mol. The second-order valence-corrected chi connectivity index (χ2v) is 11.5. The van der Waals surface area contributed by atoms with Crippen molar-refractivity contribution in [1.82, 2.24) is 0 Å². The molecule has 2 nitrogen and oxygen atoms in total. The summed E-state index contributed by atoms with van der Waals surface area (Å²) in [6.45, 7) is 8.06. The van der Waals surface area contributed by atoms with Crippen molar-refractivity contribution in [3.8, 4) is 0 Å². The fourth-order valence-corrected chi connectivity index (χ4v) is 3.83. The van der Waals surface area contributed by atoms with Gasteiger partial charge in [-0.2, -0.15) is 0 Å². The summed E-state index contributed by atoms with van der Waals surface area (Å²) in [5, 5.41) is 0. The van der Waals surface area contributed by atoms with Crippen LogP contribution in [0.25, 0.3) is 0 Å². The van der Waals surface area contributed by atoms with Gasteiger partial charge in [0.2, 0.25) is 0 Å². The summed E-state index contributed by atoms with van der Waals surface area (Å²) in [5.41, 5.74) is -0.515. The predicted molar refractivity (Wildman–Crippen MR) is 79.4 cm³/mol. The van der Waals surface area contributed by atoms with Gasteiger partial charge < -0.3 is 0 Å². The molecule has 0 atom stereocenters. The molecule has 0 aromatic rings. The van der Waals surface area contributed by atoms with Crippen molar-refractivity contribution in [3.05, 3.63) is 0 Å². The third kappa shape index (κ3) is 6.95. The maximum absolute atomic E-state index is 5.75. The Morgan fingerprint density at radius 3 is 1.27 bits per heavy atom. The molecule has 15 heavy (non-hydrogen) atoms. The second kappa shape index (κ2) is 7.28. The molecule has 0 aliphatic heterocycles. The van der Waals surface area contributed by atoms with Gasteiger partial charge in [-0.05, 0) is 0 Å². The van der Waals surface area contributed by atoms with Crippen molar-refractivity contribution in [2.45, 2.75) is 46.4 Å². The van der Waals surface area contributed by atoms with Crippen LogP contribution in [0.4, 0.5) is 0 Å². The van der Waals surface area contributed by atoms with E-state index >= 15 is 0 Å². The number of rotatable bonds is 6. The molecule has 0 bridgehead atoms. The topological polar surface area (TPSA) is 18.5 Å². The molecule has 0 saturated carbocycles. The van der Waals surface area contributed by atoms with Gasteiger partial charge >= 0.3 is 138 Å². The summed E-state index contributed by atoms with van der Waals surface area (Å²) in [6.07, 6.45) is 0. The predicted octanol–water partition coefficient (Wildman–Crippen LogP) is 4.34. The summed E-state index contributed by atoms with van der Waals surface area (Å²) >= 11 is 12.9.